The van der Waals surface area contributed by atoms with Gasteiger partial charge >= 0.3 is 0 Å². The largest absolute Gasteiger partial charge is 0.325 e. The molecule has 0 aliphatic carbocycles. The van der Waals surface area contributed by atoms with E-state index >= 15 is 0 Å². The molecule has 27 heavy (non-hydrogen) atoms. The van der Waals surface area contributed by atoms with E-state index in [4.69, 9.17) is 0 Å². The number of para-hydroxylation sites is 1. The van der Waals surface area contributed by atoms with E-state index in [2.05, 4.69) is 52.8 Å². The Bertz CT molecular complexity index is 735. The number of carbonyl (C=O) groups excluding carboxylic acids is 1. The topological polar surface area (TPSA) is 44.4 Å². The average Bonchev–Trinajstić information content (AvgIpc) is 2.69. The van der Waals surface area contributed by atoms with Crippen molar-refractivity contribution in [1.82, 2.24) is 10.2 Å². The molecule has 1 fully saturated rings. The molecule has 2 aromatic rings. The highest BCUT2D eigenvalue weighted by Gasteiger charge is 2.20. The predicted octanol–water partition coefficient (Wildman–Crippen LogP) is 3.78. The third-order valence-corrected chi connectivity index (χ3v) is 4.89. The SMILES string of the molecule is C/C(=C/c1ccccc1)CNC1CCN(CC(=O)Nc2ccccc2)CC1. The molecule has 0 radical (unpaired) electrons. The highest BCUT2D eigenvalue weighted by Crippen LogP contribution is 2.12. The van der Waals surface area contributed by atoms with Crippen LogP contribution in [-0.4, -0.2) is 43.0 Å². The van der Waals surface area contributed by atoms with E-state index < -0.39 is 0 Å². The Hall–Kier alpha value is -2.43. The number of hydrogen-bond acceptors (Lipinski definition) is 3. The molecule has 2 N–H and O–H groups in total. The average molecular weight is 364 g/mol. The van der Waals surface area contributed by atoms with Gasteiger partial charge < -0.3 is 10.6 Å². The first-order valence-electron chi connectivity index (χ1n) is 9.72. The van der Waals surface area contributed by atoms with Crippen molar-refractivity contribution in [2.24, 2.45) is 0 Å². The van der Waals surface area contributed by atoms with Crippen molar-refractivity contribution >= 4 is 17.7 Å². The lowest BCUT2D eigenvalue weighted by Gasteiger charge is -2.32. The number of likely N-dealkylation sites (tertiary alicyclic amines) is 1. The van der Waals surface area contributed by atoms with Gasteiger partial charge in [-0.2, -0.15) is 0 Å². The Labute approximate surface area is 162 Å². The van der Waals surface area contributed by atoms with E-state index in [9.17, 15) is 4.79 Å². The maximum absolute atomic E-state index is 12.2. The molecule has 1 amide bonds. The van der Waals surface area contributed by atoms with Crippen LogP contribution < -0.4 is 10.6 Å². The van der Waals surface area contributed by atoms with Crippen LogP contribution in [0.2, 0.25) is 0 Å². The van der Waals surface area contributed by atoms with Crippen LogP contribution in [-0.2, 0) is 4.79 Å². The third-order valence-electron chi connectivity index (χ3n) is 4.89. The van der Waals surface area contributed by atoms with E-state index in [1.54, 1.807) is 0 Å². The predicted molar refractivity (Wildman–Crippen MR) is 113 cm³/mol. The molecule has 2 aromatic carbocycles. The van der Waals surface area contributed by atoms with Gasteiger partial charge in [0.2, 0.25) is 5.91 Å². The number of rotatable bonds is 7. The normalized spacial score (nSPS) is 16.3. The molecule has 4 nitrogen and oxygen atoms in total. The number of carbonyl (C=O) groups is 1. The molecule has 0 atom stereocenters. The molecule has 1 aliphatic heterocycles. The third kappa shape index (κ3) is 6.66. The first kappa shape index (κ1) is 19.3. The molecule has 142 valence electrons. The van der Waals surface area contributed by atoms with Crippen LogP contribution in [0.5, 0.6) is 0 Å². The van der Waals surface area contributed by atoms with Gasteiger partial charge in [-0.1, -0.05) is 60.2 Å². The summed E-state index contributed by atoms with van der Waals surface area (Å²) in [6.07, 6.45) is 4.39. The summed E-state index contributed by atoms with van der Waals surface area (Å²) in [5.41, 5.74) is 3.45. The van der Waals surface area contributed by atoms with Crippen molar-refractivity contribution in [3.05, 3.63) is 71.8 Å². The maximum atomic E-state index is 12.2. The Morgan fingerprint density at radius 2 is 1.67 bits per heavy atom. The molecular formula is C23H29N3O. The summed E-state index contributed by atoms with van der Waals surface area (Å²) in [5.74, 6) is 0.0641. The van der Waals surface area contributed by atoms with E-state index in [0.29, 0.717) is 12.6 Å². The Kier molecular flexibility index (Phi) is 7.19. The van der Waals surface area contributed by atoms with Gasteiger partial charge in [-0.3, -0.25) is 9.69 Å². The molecule has 4 heteroatoms. The smallest absolute Gasteiger partial charge is 0.238 e. The molecular weight excluding hydrogens is 334 g/mol. The molecule has 0 spiro atoms. The lowest BCUT2D eigenvalue weighted by atomic mass is 10.0. The van der Waals surface area contributed by atoms with Crippen LogP contribution in [0.1, 0.15) is 25.3 Å². The van der Waals surface area contributed by atoms with Gasteiger partial charge in [-0.05, 0) is 37.5 Å². The second kappa shape index (κ2) is 10.0. The summed E-state index contributed by atoms with van der Waals surface area (Å²) in [7, 11) is 0. The molecule has 1 saturated heterocycles. The van der Waals surface area contributed by atoms with Crippen molar-refractivity contribution in [1.29, 1.82) is 0 Å². The minimum Gasteiger partial charge on any atom is -0.325 e. The molecule has 0 aromatic heterocycles. The fourth-order valence-corrected chi connectivity index (χ4v) is 3.41. The second-order valence-electron chi connectivity index (χ2n) is 7.25. The Morgan fingerprint density at radius 1 is 1.04 bits per heavy atom. The quantitative estimate of drug-likeness (QED) is 0.787. The Morgan fingerprint density at radius 3 is 2.33 bits per heavy atom. The number of amides is 1. The minimum absolute atomic E-state index is 0.0641. The van der Waals surface area contributed by atoms with Crippen molar-refractivity contribution in [3.8, 4) is 0 Å². The number of nitrogens with zero attached hydrogens (tertiary/aromatic N) is 1. The van der Waals surface area contributed by atoms with Crippen LogP contribution in [0, 0.1) is 0 Å². The zero-order chi connectivity index (χ0) is 18.9. The van der Waals surface area contributed by atoms with Crippen molar-refractivity contribution in [2.75, 3.05) is 31.5 Å². The first-order chi connectivity index (χ1) is 13.2. The molecule has 0 unspecified atom stereocenters. The lowest BCUT2D eigenvalue weighted by Crippen LogP contribution is -2.45. The highest BCUT2D eigenvalue weighted by molar-refractivity contribution is 5.92. The summed E-state index contributed by atoms with van der Waals surface area (Å²) in [4.78, 5) is 14.4. The summed E-state index contributed by atoms with van der Waals surface area (Å²) in [6, 6.07) is 20.6. The van der Waals surface area contributed by atoms with Crippen LogP contribution in [0.15, 0.2) is 66.2 Å². The minimum atomic E-state index is 0.0641. The van der Waals surface area contributed by atoms with Crippen LogP contribution >= 0.6 is 0 Å². The molecule has 1 aliphatic rings. The maximum Gasteiger partial charge on any atom is 0.238 e. The van der Waals surface area contributed by atoms with E-state index in [1.807, 2.05) is 36.4 Å². The summed E-state index contributed by atoms with van der Waals surface area (Å²) >= 11 is 0. The molecule has 1 heterocycles. The number of benzene rings is 2. The fourth-order valence-electron chi connectivity index (χ4n) is 3.41. The van der Waals surface area contributed by atoms with Crippen LogP contribution in [0.4, 0.5) is 5.69 Å². The van der Waals surface area contributed by atoms with Gasteiger partial charge in [-0.25, -0.2) is 0 Å². The van der Waals surface area contributed by atoms with Gasteiger partial charge in [0.05, 0.1) is 6.54 Å². The van der Waals surface area contributed by atoms with Gasteiger partial charge in [0, 0.05) is 31.4 Å². The van der Waals surface area contributed by atoms with Gasteiger partial charge in [0.25, 0.3) is 0 Å². The van der Waals surface area contributed by atoms with Crippen molar-refractivity contribution < 1.29 is 4.79 Å². The summed E-state index contributed by atoms with van der Waals surface area (Å²) in [5, 5.41) is 6.62. The highest BCUT2D eigenvalue weighted by atomic mass is 16.2. The molecule has 3 rings (SSSR count). The van der Waals surface area contributed by atoms with Crippen LogP contribution in [0.25, 0.3) is 6.08 Å². The van der Waals surface area contributed by atoms with Crippen molar-refractivity contribution in [2.45, 2.75) is 25.8 Å². The first-order valence-corrected chi connectivity index (χ1v) is 9.72. The van der Waals surface area contributed by atoms with E-state index in [0.717, 1.165) is 38.2 Å². The molecule has 0 bridgehead atoms. The van der Waals surface area contributed by atoms with Gasteiger partial charge in [0.1, 0.15) is 0 Å². The summed E-state index contributed by atoms with van der Waals surface area (Å²) in [6.45, 7) is 5.47. The number of anilines is 1. The standard InChI is InChI=1S/C23H29N3O/c1-19(16-20-8-4-2-5-9-20)17-24-21-12-14-26(15-13-21)18-23(27)25-22-10-6-3-7-11-22/h2-11,16,21,24H,12-15,17-18H2,1H3,(H,25,27)/b19-16-. The zero-order valence-electron chi connectivity index (χ0n) is 16.0. The summed E-state index contributed by atoms with van der Waals surface area (Å²) < 4.78 is 0. The Balaban J connectivity index is 1.36. The monoisotopic (exact) mass is 363 g/mol. The molecule has 0 saturated carbocycles. The van der Waals surface area contributed by atoms with Gasteiger partial charge in [0.15, 0.2) is 0 Å². The van der Waals surface area contributed by atoms with E-state index in [1.165, 1.54) is 11.1 Å². The number of piperidine rings is 1. The van der Waals surface area contributed by atoms with Gasteiger partial charge in [-0.15, -0.1) is 0 Å². The number of hydrogen-bond donors (Lipinski definition) is 2. The second-order valence-corrected chi connectivity index (χ2v) is 7.25. The fraction of sp³-hybridized carbons (Fsp3) is 0.348. The zero-order valence-corrected chi connectivity index (χ0v) is 16.0. The van der Waals surface area contributed by atoms with Crippen LogP contribution in [0.3, 0.4) is 0 Å². The van der Waals surface area contributed by atoms with E-state index in [-0.39, 0.29) is 5.91 Å². The van der Waals surface area contributed by atoms with Crippen molar-refractivity contribution in [3.63, 3.8) is 0 Å². The lowest BCUT2D eigenvalue weighted by molar-refractivity contribution is -0.117. The number of nitrogens with one attached hydrogen (secondary N) is 2.